The van der Waals surface area contributed by atoms with E-state index < -0.39 is 5.82 Å². The van der Waals surface area contributed by atoms with Crippen LogP contribution in [0.1, 0.15) is 18.4 Å². The lowest BCUT2D eigenvalue weighted by molar-refractivity contribution is -0.117. The maximum Gasteiger partial charge on any atom is 0.248 e. The van der Waals surface area contributed by atoms with Gasteiger partial charge in [-0.25, -0.2) is 4.39 Å². The minimum atomic E-state index is -0.543. The Morgan fingerprint density at radius 2 is 2.00 bits per heavy atom. The van der Waals surface area contributed by atoms with Crippen LogP contribution in [0.25, 0.3) is 6.08 Å². The number of halogens is 1. The van der Waals surface area contributed by atoms with E-state index in [1.807, 2.05) is 0 Å². The van der Waals surface area contributed by atoms with Crippen LogP contribution in [0, 0.1) is 5.82 Å². The number of ether oxygens (including phenoxy) is 1. The zero-order valence-corrected chi connectivity index (χ0v) is 16.6. The van der Waals surface area contributed by atoms with Gasteiger partial charge in [0.2, 0.25) is 11.8 Å². The summed E-state index contributed by atoms with van der Waals surface area (Å²) in [6.07, 6.45) is 7.37. The fourth-order valence-electron chi connectivity index (χ4n) is 3.24. The molecule has 2 heterocycles. The van der Waals surface area contributed by atoms with E-state index in [2.05, 4.69) is 10.3 Å². The SMILES string of the molecule is O=C(/C=C/c1ccc(Oc2cccnc2)c(F)c1)Nc1ccc(N2CCCC2=O)cc1. The molecule has 0 bridgehead atoms. The van der Waals surface area contributed by atoms with E-state index in [-0.39, 0.29) is 17.6 Å². The molecule has 0 saturated carbocycles. The summed E-state index contributed by atoms with van der Waals surface area (Å²) in [5.41, 5.74) is 1.95. The summed E-state index contributed by atoms with van der Waals surface area (Å²) in [4.78, 5) is 29.6. The van der Waals surface area contributed by atoms with Crippen LogP contribution >= 0.6 is 0 Å². The summed E-state index contributed by atoms with van der Waals surface area (Å²) in [6.45, 7) is 0.718. The molecule has 0 spiro atoms. The molecular formula is C24H20FN3O3. The zero-order chi connectivity index (χ0) is 21.6. The number of nitrogens with one attached hydrogen (secondary N) is 1. The summed E-state index contributed by atoms with van der Waals surface area (Å²) in [7, 11) is 0. The molecule has 156 valence electrons. The van der Waals surface area contributed by atoms with E-state index in [1.165, 1.54) is 30.5 Å². The number of aromatic nitrogens is 1. The van der Waals surface area contributed by atoms with E-state index in [1.54, 1.807) is 53.6 Å². The number of anilines is 2. The third kappa shape index (κ3) is 5.14. The molecule has 1 aromatic heterocycles. The van der Waals surface area contributed by atoms with Gasteiger partial charge < -0.3 is 15.0 Å². The number of carbonyl (C=O) groups excluding carboxylic acids is 2. The van der Waals surface area contributed by atoms with E-state index >= 15 is 0 Å². The third-order valence-electron chi connectivity index (χ3n) is 4.77. The van der Waals surface area contributed by atoms with Crippen LogP contribution in [0.5, 0.6) is 11.5 Å². The highest BCUT2D eigenvalue weighted by molar-refractivity contribution is 6.02. The number of carbonyl (C=O) groups is 2. The van der Waals surface area contributed by atoms with Crippen LogP contribution in [-0.2, 0) is 9.59 Å². The lowest BCUT2D eigenvalue weighted by Gasteiger charge is -2.15. The van der Waals surface area contributed by atoms with Crippen molar-refractivity contribution in [2.24, 2.45) is 0 Å². The van der Waals surface area contributed by atoms with Gasteiger partial charge in [-0.05, 0) is 66.6 Å². The molecule has 0 unspecified atom stereocenters. The molecule has 2 amide bonds. The molecule has 0 atom stereocenters. The van der Waals surface area contributed by atoms with Crippen molar-refractivity contribution >= 4 is 29.3 Å². The lowest BCUT2D eigenvalue weighted by atomic mass is 10.2. The fraction of sp³-hybridized carbons (Fsp3) is 0.125. The van der Waals surface area contributed by atoms with Gasteiger partial charge in [0.25, 0.3) is 0 Å². The summed E-state index contributed by atoms with van der Waals surface area (Å²) >= 11 is 0. The second-order valence-corrected chi connectivity index (χ2v) is 7.00. The van der Waals surface area contributed by atoms with Crippen LogP contribution in [0.2, 0.25) is 0 Å². The van der Waals surface area contributed by atoms with E-state index in [9.17, 15) is 14.0 Å². The number of rotatable bonds is 6. The van der Waals surface area contributed by atoms with Crippen molar-refractivity contribution in [1.29, 1.82) is 0 Å². The van der Waals surface area contributed by atoms with Gasteiger partial charge in [-0.2, -0.15) is 0 Å². The zero-order valence-electron chi connectivity index (χ0n) is 16.6. The minimum Gasteiger partial charge on any atom is -0.453 e. The van der Waals surface area contributed by atoms with Crippen LogP contribution in [0.15, 0.2) is 73.1 Å². The van der Waals surface area contributed by atoms with Crippen molar-refractivity contribution in [3.8, 4) is 11.5 Å². The van der Waals surface area contributed by atoms with Crippen molar-refractivity contribution in [2.45, 2.75) is 12.8 Å². The Labute approximate surface area is 179 Å². The van der Waals surface area contributed by atoms with Gasteiger partial charge in [0, 0.05) is 36.6 Å². The summed E-state index contributed by atoms with van der Waals surface area (Å²) in [5.74, 6) is -0.265. The number of nitrogens with zero attached hydrogens (tertiary/aromatic N) is 2. The molecular weight excluding hydrogens is 397 g/mol. The Bertz CT molecular complexity index is 1110. The molecule has 1 saturated heterocycles. The first-order valence-electron chi connectivity index (χ1n) is 9.85. The Hall–Kier alpha value is -4.00. The molecule has 31 heavy (non-hydrogen) atoms. The molecule has 3 aromatic rings. The summed E-state index contributed by atoms with van der Waals surface area (Å²) in [6, 6.07) is 14.9. The highest BCUT2D eigenvalue weighted by Crippen LogP contribution is 2.25. The molecule has 1 N–H and O–H groups in total. The summed E-state index contributed by atoms with van der Waals surface area (Å²) < 4.78 is 19.7. The van der Waals surface area contributed by atoms with E-state index in [0.29, 0.717) is 23.4 Å². The lowest BCUT2D eigenvalue weighted by Crippen LogP contribution is -2.23. The van der Waals surface area contributed by atoms with Crippen molar-refractivity contribution < 1.29 is 18.7 Å². The number of hydrogen-bond acceptors (Lipinski definition) is 4. The van der Waals surface area contributed by atoms with Gasteiger partial charge in [-0.1, -0.05) is 6.07 Å². The summed E-state index contributed by atoms with van der Waals surface area (Å²) in [5, 5.41) is 2.75. The average molecular weight is 417 g/mol. The van der Waals surface area contributed by atoms with Gasteiger partial charge in [-0.3, -0.25) is 14.6 Å². The first kappa shape index (κ1) is 20.3. The predicted octanol–water partition coefficient (Wildman–Crippen LogP) is 4.79. The Morgan fingerprint density at radius 3 is 2.68 bits per heavy atom. The minimum absolute atomic E-state index is 0.0752. The van der Waals surface area contributed by atoms with Crippen molar-refractivity contribution in [1.82, 2.24) is 4.98 Å². The highest BCUT2D eigenvalue weighted by Gasteiger charge is 2.21. The first-order chi connectivity index (χ1) is 15.1. The van der Waals surface area contributed by atoms with Gasteiger partial charge in [-0.15, -0.1) is 0 Å². The monoisotopic (exact) mass is 417 g/mol. The fourth-order valence-corrected chi connectivity index (χ4v) is 3.24. The van der Waals surface area contributed by atoms with E-state index in [0.717, 1.165) is 18.7 Å². The molecule has 6 nitrogen and oxygen atoms in total. The van der Waals surface area contributed by atoms with E-state index in [4.69, 9.17) is 4.74 Å². The smallest absolute Gasteiger partial charge is 0.248 e. The first-order valence-corrected chi connectivity index (χ1v) is 9.85. The van der Waals surface area contributed by atoms with Gasteiger partial charge in [0.05, 0.1) is 6.20 Å². The third-order valence-corrected chi connectivity index (χ3v) is 4.77. The topological polar surface area (TPSA) is 71.5 Å². The molecule has 2 aromatic carbocycles. The highest BCUT2D eigenvalue weighted by atomic mass is 19.1. The molecule has 1 aliphatic heterocycles. The largest absolute Gasteiger partial charge is 0.453 e. The van der Waals surface area contributed by atoms with Crippen molar-refractivity contribution in [3.05, 3.63) is 84.4 Å². The standard InChI is InChI=1S/C24H20FN3O3/c25-21-15-17(5-11-22(21)31-20-3-1-13-26-16-20)6-12-23(29)27-18-7-9-19(10-8-18)28-14-2-4-24(28)30/h1,3,5-13,15-16H,2,4,14H2,(H,27,29)/b12-6+. The second kappa shape index (κ2) is 9.21. The molecule has 7 heteroatoms. The van der Waals surface area contributed by atoms with Crippen molar-refractivity contribution in [3.63, 3.8) is 0 Å². The molecule has 0 radical (unpaired) electrons. The van der Waals surface area contributed by atoms with Gasteiger partial charge in [0.15, 0.2) is 11.6 Å². The Balaban J connectivity index is 1.35. The average Bonchev–Trinajstić information content (AvgIpc) is 3.21. The van der Waals surface area contributed by atoms with Gasteiger partial charge in [0.1, 0.15) is 5.75 Å². The molecule has 4 rings (SSSR count). The molecule has 1 aliphatic rings. The second-order valence-electron chi connectivity index (χ2n) is 7.00. The Kier molecular flexibility index (Phi) is 6.03. The van der Waals surface area contributed by atoms with Crippen LogP contribution in [0.3, 0.4) is 0 Å². The normalized spacial score (nSPS) is 13.6. The van der Waals surface area contributed by atoms with Gasteiger partial charge >= 0.3 is 0 Å². The van der Waals surface area contributed by atoms with Crippen molar-refractivity contribution in [2.75, 3.05) is 16.8 Å². The maximum absolute atomic E-state index is 14.3. The molecule has 1 fully saturated rings. The maximum atomic E-state index is 14.3. The van der Waals surface area contributed by atoms with Crippen LogP contribution < -0.4 is 15.0 Å². The predicted molar refractivity (Wildman–Crippen MR) is 116 cm³/mol. The van der Waals surface area contributed by atoms with Crippen LogP contribution in [0.4, 0.5) is 15.8 Å². The Morgan fingerprint density at radius 1 is 1.16 bits per heavy atom. The quantitative estimate of drug-likeness (QED) is 0.586. The number of benzene rings is 2. The number of pyridine rings is 1. The van der Waals surface area contributed by atoms with Crippen LogP contribution in [-0.4, -0.2) is 23.3 Å². The molecule has 0 aliphatic carbocycles. The number of hydrogen-bond donors (Lipinski definition) is 1. The number of amides is 2.